The zero-order valence-corrected chi connectivity index (χ0v) is 10.00. The summed E-state index contributed by atoms with van der Waals surface area (Å²) in [6.07, 6.45) is 1.27. The highest BCUT2D eigenvalue weighted by atomic mass is 35.5. The van der Waals surface area contributed by atoms with Crippen LogP contribution in [-0.2, 0) is 4.79 Å². The number of benzene rings is 1. The maximum Gasteiger partial charge on any atom is 0.310 e. The molecular formula is C13H15ClO2. The van der Waals surface area contributed by atoms with Gasteiger partial charge in [0.05, 0.1) is 5.92 Å². The fourth-order valence-electron chi connectivity index (χ4n) is 1.55. The lowest BCUT2D eigenvalue weighted by atomic mass is 9.93. The van der Waals surface area contributed by atoms with Crippen molar-refractivity contribution < 1.29 is 9.90 Å². The third kappa shape index (κ3) is 3.70. The third-order valence-electron chi connectivity index (χ3n) is 2.41. The van der Waals surface area contributed by atoms with Crippen molar-refractivity contribution in [2.45, 2.75) is 25.7 Å². The summed E-state index contributed by atoms with van der Waals surface area (Å²) in [6.45, 7) is 5.68. The zero-order valence-electron chi connectivity index (χ0n) is 9.24. The monoisotopic (exact) mass is 238 g/mol. The van der Waals surface area contributed by atoms with Gasteiger partial charge in [0.15, 0.2) is 0 Å². The Balaban J connectivity index is 2.85. The molecule has 1 atom stereocenters. The SMILES string of the molecule is C=C(C)CCC(C(=O)O)c1cccc(Cl)c1. The molecule has 1 aromatic rings. The van der Waals surface area contributed by atoms with Gasteiger partial charge < -0.3 is 5.11 Å². The fourth-order valence-corrected chi connectivity index (χ4v) is 1.75. The van der Waals surface area contributed by atoms with E-state index >= 15 is 0 Å². The first-order valence-electron chi connectivity index (χ1n) is 5.13. The number of carboxylic acid groups (broad SMARTS) is 1. The summed E-state index contributed by atoms with van der Waals surface area (Å²) in [7, 11) is 0. The molecule has 0 amide bonds. The topological polar surface area (TPSA) is 37.3 Å². The quantitative estimate of drug-likeness (QED) is 0.791. The molecule has 1 aromatic carbocycles. The van der Waals surface area contributed by atoms with Gasteiger partial charge in [-0.25, -0.2) is 0 Å². The van der Waals surface area contributed by atoms with Crippen LogP contribution in [0, 0.1) is 0 Å². The Kier molecular flexibility index (Phi) is 4.56. The molecule has 86 valence electrons. The summed E-state index contributed by atoms with van der Waals surface area (Å²) >= 11 is 5.85. The highest BCUT2D eigenvalue weighted by Gasteiger charge is 2.19. The molecule has 1 unspecified atom stereocenters. The average Bonchev–Trinajstić information content (AvgIpc) is 2.17. The molecule has 0 saturated heterocycles. The van der Waals surface area contributed by atoms with E-state index in [9.17, 15) is 4.79 Å². The van der Waals surface area contributed by atoms with Crippen molar-refractivity contribution in [1.82, 2.24) is 0 Å². The van der Waals surface area contributed by atoms with Crippen LogP contribution in [0.2, 0.25) is 5.02 Å². The van der Waals surface area contributed by atoms with Gasteiger partial charge >= 0.3 is 5.97 Å². The molecule has 0 heterocycles. The predicted molar refractivity (Wildman–Crippen MR) is 65.9 cm³/mol. The summed E-state index contributed by atoms with van der Waals surface area (Å²) in [5.74, 6) is -1.32. The van der Waals surface area contributed by atoms with Gasteiger partial charge in [-0.05, 0) is 37.5 Å². The Morgan fingerprint density at radius 2 is 2.25 bits per heavy atom. The van der Waals surface area contributed by atoms with Gasteiger partial charge in [0.2, 0.25) is 0 Å². The molecule has 1 rings (SSSR count). The van der Waals surface area contributed by atoms with Crippen LogP contribution in [0.4, 0.5) is 0 Å². The number of aliphatic carboxylic acids is 1. The van der Waals surface area contributed by atoms with Gasteiger partial charge in [0.1, 0.15) is 0 Å². The van der Waals surface area contributed by atoms with E-state index in [1.165, 1.54) is 0 Å². The standard InChI is InChI=1S/C13H15ClO2/c1-9(2)6-7-12(13(15)16)10-4-3-5-11(14)8-10/h3-5,8,12H,1,6-7H2,2H3,(H,15,16). The minimum absolute atomic E-state index is 0.504. The van der Waals surface area contributed by atoms with Crippen LogP contribution in [0.15, 0.2) is 36.4 Å². The summed E-state index contributed by atoms with van der Waals surface area (Å²) in [4.78, 5) is 11.2. The molecule has 2 nitrogen and oxygen atoms in total. The number of hydrogen-bond acceptors (Lipinski definition) is 1. The smallest absolute Gasteiger partial charge is 0.310 e. The molecule has 0 radical (unpaired) electrons. The fraction of sp³-hybridized carbons (Fsp3) is 0.308. The number of hydrogen-bond donors (Lipinski definition) is 1. The van der Waals surface area contributed by atoms with Crippen LogP contribution >= 0.6 is 11.6 Å². The van der Waals surface area contributed by atoms with E-state index in [4.69, 9.17) is 16.7 Å². The number of halogens is 1. The van der Waals surface area contributed by atoms with Crippen LogP contribution in [-0.4, -0.2) is 11.1 Å². The number of carbonyl (C=O) groups is 1. The molecule has 0 aliphatic rings. The Labute approximate surface area is 101 Å². The predicted octanol–water partition coefficient (Wildman–Crippen LogP) is 3.86. The van der Waals surface area contributed by atoms with Crippen molar-refractivity contribution in [2.24, 2.45) is 0 Å². The van der Waals surface area contributed by atoms with E-state index in [-0.39, 0.29) is 0 Å². The van der Waals surface area contributed by atoms with Gasteiger partial charge in [-0.15, -0.1) is 6.58 Å². The van der Waals surface area contributed by atoms with Crippen molar-refractivity contribution in [1.29, 1.82) is 0 Å². The van der Waals surface area contributed by atoms with Crippen LogP contribution in [0.5, 0.6) is 0 Å². The highest BCUT2D eigenvalue weighted by Crippen LogP contribution is 2.25. The molecule has 1 N–H and O–H groups in total. The highest BCUT2D eigenvalue weighted by molar-refractivity contribution is 6.30. The van der Waals surface area contributed by atoms with Gasteiger partial charge in [-0.1, -0.05) is 29.3 Å². The van der Waals surface area contributed by atoms with Crippen molar-refractivity contribution >= 4 is 17.6 Å². The molecule has 0 spiro atoms. The number of carboxylic acids is 1. The van der Waals surface area contributed by atoms with Crippen molar-refractivity contribution in [3.63, 3.8) is 0 Å². The van der Waals surface area contributed by atoms with E-state index in [0.717, 1.165) is 11.1 Å². The summed E-state index contributed by atoms with van der Waals surface area (Å²) in [5.41, 5.74) is 1.74. The van der Waals surface area contributed by atoms with Gasteiger partial charge in [0.25, 0.3) is 0 Å². The first kappa shape index (κ1) is 12.8. The molecule has 0 aliphatic carbocycles. The summed E-state index contributed by atoms with van der Waals surface area (Å²) < 4.78 is 0. The van der Waals surface area contributed by atoms with E-state index in [1.54, 1.807) is 24.3 Å². The minimum Gasteiger partial charge on any atom is -0.481 e. The van der Waals surface area contributed by atoms with Gasteiger partial charge in [0, 0.05) is 5.02 Å². The lowest BCUT2D eigenvalue weighted by Gasteiger charge is -2.12. The van der Waals surface area contributed by atoms with Crippen molar-refractivity contribution in [3.8, 4) is 0 Å². The number of allylic oxidation sites excluding steroid dienone is 1. The van der Waals surface area contributed by atoms with E-state index in [0.29, 0.717) is 17.9 Å². The molecule has 0 fully saturated rings. The molecule has 0 aliphatic heterocycles. The van der Waals surface area contributed by atoms with Gasteiger partial charge in [-0.3, -0.25) is 4.79 Å². The molecule has 0 bridgehead atoms. The van der Waals surface area contributed by atoms with Crippen LogP contribution in [0.1, 0.15) is 31.2 Å². The van der Waals surface area contributed by atoms with Crippen LogP contribution in [0.25, 0.3) is 0 Å². The zero-order chi connectivity index (χ0) is 12.1. The van der Waals surface area contributed by atoms with E-state index in [2.05, 4.69) is 6.58 Å². The van der Waals surface area contributed by atoms with E-state index in [1.807, 2.05) is 6.92 Å². The lowest BCUT2D eigenvalue weighted by molar-refractivity contribution is -0.138. The Morgan fingerprint density at radius 3 is 2.75 bits per heavy atom. The summed E-state index contributed by atoms with van der Waals surface area (Å²) in [6, 6.07) is 7.01. The molecular weight excluding hydrogens is 224 g/mol. The minimum atomic E-state index is -0.816. The summed E-state index contributed by atoms with van der Waals surface area (Å²) in [5, 5.41) is 9.73. The first-order valence-corrected chi connectivity index (χ1v) is 5.51. The maximum atomic E-state index is 11.2. The first-order chi connectivity index (χ1) is 7.50. The molecule has 3 heteroatoms. The Morgan fingerprint density at radius 1 is 1.56 bits per heavy atom. The second kappa shape index (κ2) is 5.71. The Bertz CT molecular complexity index is 399. The van der Waals surface area contributed by atoms with E-state index < -0.39 is 11.9 Å². The molecule has 0 saturated carbocycles. The average molecular weight is 239 g/mol. The van der Waals surface area contributed by atoms with Crippen LogP contribution < -0.4 is 0 Å². The van der Waals surface area contributed by atoms with Gasteiger partial charge in [-0.2, -0.15) is 0 Å². The number of rotatable bonds is 5. The third-order valence-corrected chi connectivity index (χ3v) is 2.64. The normalized spacial score (nSPS) is 12.1. The molecule has 16 heavy (non-hydrogen) atoms. The second-order valence-electron chi connectivity index (χ2n) is 3.94. The molecule has 0 aromatic heterocycles. The van der Waals surface area contributed by atoms with Crippen molar-refractivity contribution in [2.75, 3.05) is 0 Å². The van der Waals surface area contributed by atoms with Crippen LogP contribution in [0.3, 0.4) is 0 Å². The second-order valence-corrected chi connectivity index (χ2v) is 4.38. The largest absolute Gasteiger partial charge is 0.481 e. The Hall–Kier alpha value is -1.28. The lowest BCUT2D eigenvalue weighted by Crippen LogP contribution is -2.11. The maximum absolute atomic E-state index is 11.2. The van der Waals surface area contributed by atoms with Crippen molar-refractivity contribution in [3.05, 3.63) is 47.0 Å².